The van der Waals surface area contributed by atoms with E-state index in [1.165, 1.54) is 18.2 Å². The summed E-state index contributed by atoms with van der Waals surface area (Å²) >= 11 is 15.5. The predicted octanol–water partition coefficient (Wildman–Crippen LogP) is 3.05. The number of hydrogen-bond acceptors (Lipinski definition) is 2. The molecule has 64 valence electrons. The largest absolute Gasteiger partial charge is 0.249 e. The molecule has 2 atom stereocenters. The van der Waals surface area contributed by atoms with Gasteiger partial charge in [0.25, 0.3) is 0 Å². The zero-order chi connectivity index (χ0) is 9.19. The minimum atomic E-state index is -2.05. The molecule has 0 aromatic rings. The summed E-state index contributed by atoms with van der Waals surface area (Å²) < 4.78 is 13.6. The number of isothiocyanates is 1. The van der Waals surface area contributed by atoms with Gasteiger partial charge in [0.05, 0.1) is 5.16 Å². The van der Waals surface area contributed by atoms with E-state index in [9.17, 15) is 4.39 Å². The van der Waals surface area contributed by atoms with Crippen LogP contribution in [0.3, 0.4) is 0 Å². The lowest BCUT2D eigenvalue weighted by Crippen LogP contribution is -2.31. The smallest absolute Gasteiger partial charge is 0.210 e. The van der Waals surface area contributed by atoms with Gasteiger partial charge in [-0.1, -0.05) is 17.7 Å². The molecule has 5 heteroatoms. The summed E-state index contributed by atoms with van der Waals surface area (Å²) in [6.07, 6.45) is 4.14. The van der Waals surface area contributed by atoms with Gasteiger partial charge in [-0.25, -0.2) is 4.39 Å². The fourth-order valence-electron chi connectivity index (χ4n) is 0.801. The van der Waals surface area contributed by atoms with Gasteiger partial charge in [0, 0.05) is 5.03 Å². The van der Waals surface area contributed by atoms with Crippen LogP contribution in [-0.2, 0) is 0 Å². The third-order valence-electron chi connectivity index (χ3n) is 1.40. The lowest BCUT2D eigenvalue weighted by atomic mass is 10.1. The minimum absolute atomic E-state index is 0.204. The van der Waals surface area contributed by atoms with E-state index in [4.69, 9.17) is 23.2 Å². The van der Waals surface area contributed by atoms with E-state index in [0.29, 0.717) is 0 Å². The molecule has 2 unspecified atom stereocenters. The molecule has 0 bridgehead atoms. The fraction of sp³-hybridized carbons (Fsp3) is 0.286. The van der Waals surface area contributed by atoms with Crippen LogP contribution in [0.25, 0.3) is 0 Å². The maximum atomic E-state index is 13.6. The fourth-order valence-corrected chi connectivity index (χ4v) is 1.36. The van der Waals surface area contributed by atoms with Crippen molar-refractivity contribution in [1.29, 1.82) is 0 Å². The third-order valence-corrected chi connectivity index (χ3v) is 2.49. The second-order valence-corrected chi connectivity index (χ2v) is 3.26. The first-order valence-corrected chi connectivity index (χ1v) is 4.29. The van der Waals surface area contributed by atoms with E-state index in [2.05, 4.69) is 17.2 Å². The summed E-state index contributed by atoms with van der Waals surface area (Å²) in [5, 5.41) is 1.13. The minimum Gasteiger partial charge on any atom is -0.210 e. The van der Waals surface area contributed by atoms with Gasteiger partial charge in [0.15, 0.2) is 0 Å². The Morgan fingerprint density at radius 1 is 1.75 bits per heavy atom. The van der Waals surface area contributed by atoms with Gasteiger partial charge in [-0.05, 0) is 24.4 Å². The maximum absolute atomic E-state index is 13.6. The first-order valence-electron chi connectivity index (χ1n) is 3.07. The number of hydrogen-bond donors (Lipinski definition) is 0. The Morgan fingerprint density at radius 2 is 2.42 bits per heavy atom. The Kier molecular flexibility index (Phi) is 3.02. The zero-order valence-electron chi connectivity index (χ0n) is 5.80. The topological polar surface area (TPSA) is 12.4 Å². The summed E-state index contributed by atoms with van der Waals surface area (Å²) in [6, 6.07) is 0. The van der Waals surface area contributed by atoms with Crippen molar-refractivity contribution in [3.05, 3.63) is 23.3 Å². The number of alkyl halides is 2. The normalized spacial score (nSPS) is 33.9. The predicted molar refractivity (Wildman–Crippen MR) is 51.6 cm³/mol. The SMILES string of the molecule is FC1(N=C=S)C=CC=C(Cl)C1Cl. The lowest BCUT2D eigenvalue weighted by molar-refractivity contribution is 0.249. The van der Waals surface area contributed by atoms with Gasteiger partial charge in [-0.15, -0.1) is 11.6 Å². The lowest BCUT2D eigenvalue weighted by Gasteiger charge is -2.23. The zero-order valence-corrected chi connectivity index (χ0v) is 8.13. The van der Waals surface area contributed by atoms with Crippen LogP contribution >= 0.6 is 35.4 Å². The molecular formula is C7H4Cl2FNS. The van der Waals surface area contributed by atoms with Crippen LogP contribution in [0.1, 0.15) is 0 Å². The van der Waals surface area contributed by atoms with E-state index in [1.807, 2.05) is 5.16 Å². The summed E-state index contributed by atoms with van der Waals surface area (Å²) in [6.45, 7) is 0. The standard InChI is InChI=1S/C7H4Cl2FNS/c8-5-2-1-3-7(10,6(5)9)11-4-12/h1-3,6H. The van der Waals surface area contributed by atoms with Crippen molar-refractivity contribution in [2.45, 2.75) is 11.2 Å². The molecule has 0 aromatic heterocycles. The van der Waals surface area contributed by atoms with E-state index in [1.54, 1.807) is 0 Å². The monoisotopic (exact) mass is 223 g/mol. The number of nitrogens with zero attached hydrogens (tertiary/aromatic N) is 1. The van der Waals surface area contributed by atoms with Crippen LogP contribution in [0, 0.1) is 0 Å². The van der Waals surface area contributed by atoms with E-state index < -0.39 is 11.2 Å². The van der Waals surface area contributed by atoms with Gasteiger partial charge in [-0.3, -0.25) is 0 Å². The van der Waals surface area contributed by atoms with Crippen molar-refractivity contribution in [3.8, 4) is 0 Å². The molecule has 0 saturated heterocycles. The number of halogens is 3. The van der Waals surface area contributed by atoms with Gasteiger partial charge >= 0.3 is 0 Å². The highest BCUT2D eigenvalue weighted by atomic mass is 35.5. The van der Waals surface area contributed by atoms with Crippen molar-refractivity contribution in [2.24, 2.45) is 4.99 Å². The molecule has 1 aliphatic rings. The average molecular weight is 224 g/mol. The third kappa shape index (κ3) is 1.75. The van der Waals surface area contributed by atoms with Crippen molar-refractivity contribution >= 4 is 40.6 Å². The molecule has 1 aliphatic carbocycles. The van der Waals surface area contributed by atoms with Crippen molar-refractivity contribution < 1.29 is 4.39 Å². The van der Waals surface area contributed by atoms with Crippen LogP contribution < -0.4 is 0 Å². The van der Waals surface area contributed by atoms with Gasteiger partial charge < -0.3 is 0 Å². The molecule has 12 heavy (non-hydrogen) atoms. The molecular weight excluding hydrogens is 220 g/mol. The van der Waals surface area contributed by atoms with Crippen LogP contribution in [0.5, 0.6) is 0 Å². The second kappa shape index (κ2) is 3.67. The molecule has 0 saturated carbocycles. The first-order chi connectivity index (χ1) is 5.60. The number of thiocarbonyl (C=S) groups is 1. The van der Waals surface area contributed by atoms with Gasteiger partial charge in [-0.2, -0.15) is 4.99 Å². The molecule has 0 radical (unpaired) electrons. The van der Waals surface area contributed by atoms with E-state index in [0.717, 1.165) is 0 Å². The summed E-state index contributed by atoms with van der Waals surface area (Å²) in [5.74, 6) is -2.05. The van der Waals surface area contributed by atoms with Crippen molar-refractivity contribution in [1.82, 2.24) is 0 Å². The van der Waals surface area contributed by atoms with Crippen LogP contribution in [0.4, 0.5) is 4.39 Å². The Hall–Kier alpha value is -0.210. The van der Waals surface area contributed by atoms with Gasteiger partial charge in [0.2, 0.25) is 5.79 Å². The van der Waals surface area contributed by atoms with Crippen LogP contribution in [0.15, 0.2) is 28.3 Å². The Bertz CT molecular complexity index is 296. The molecule has 1 rings (SSSR count). The van der Waals surface area contributed by atoms with Crippen LogP contribution in [0.2, 0.25) is 0 Å². The number of rotatable bonds is 1. The molecule has 1 nitrogen and oxygen atoms in total. The summed E-state index contributed by atoms with van der Waals surface area (Å²) in [7, 11) is 0. The highest BCUT2D eigenvalue weighted by Gasteiger charge is 2.38. The quantitative estimate of drug-likeness (QED) is 0.288. The average Bonchev–Trinajstić information content (AvgIpc) is 2.01. The first kappa shape index (κ1) is 9.87. The number of aliphatic imine (C=N–C) groups is 1. The second-order valence-electron chi connectivity index (χ2n) is 2.20. The molecule has 0 aliphatic heterocycles. The molecule has 0 heterocycles. The Balaban J connectivity index is 3.03. The molecule has 0 spiro atoms. The van der Waals surface area contributed by atoms with E-state index in [-0.39, 0.29) is 5.03 Å². The molecule has 0 aromatic carbocycles. The highest BCUT2D eigenvalue weighted by Crippen LogP contribution is 2.34. The van der Waals surface area contributed by atoms with Gasteiger partial charge in [0.1, 0.15) is 5.38 Å². The molecule has 0 N–H and O–H groups in total. The summed E-state index contributed by atoms with van der Waals surface area (Å²) in [5.41, 5.74) is 0. The summed E-state index contributed by atoms with van der Waals surface area (Å²) in [4.78, 5) is 3.30. The van der Waals surface area contributed by atoms with Crippen molar-refractivity contribution in [2.75, 3.05) is 0 Å². The highest BCUT2D eigenvalue weighted by molar-refractivity contribution is 7.78. The van der Waals surface area contributed by atoms with E-state index >= 15 is 0 Å². The van der Waals surface area contributed by atoms with Crippen molar-refractivity contribution in [3.63, 3.8) is 0 Å². The maximum Gasteiger partial charge on any atom is 0.249 e. The number of allylic oxidation sites excluding steroid dienone is 2. The Morgan fingerprint density at radius 3 is 3.00 bits per heavy atom. The Labute approximate surface area is 84.6 Å². The van der Waals surface area contributed by atoms with Crippen LogP contribution in [-0.4, -0.2) is 16.3 Å². The molecule has 0 fully saturated rings. The molecule has 0 amide bonds.